The first-order valence-electron chi connectivity index (χ1n) is 15.9. The molecule has 0 radical (unpaired) electrons. The van der Waals surface area contributed by atoms with Crippen molar-refractivity contribution in [3.8, 4) is 11.1 Å². The number of benzene rings is 4. The predicted molar refractivity (Wildman–Crippen MR) is 180 cm³/mol. The van der Waals surface area contributed by atoms with Crippen LogP contribution in [0.3, 0.4) is 0 Å². The Kier molecular flexibility index (Phi) is 7.76. The molecule has 1 unspecified atom stereocenters. The minimum atomic E-state index is -0.0373. The topological polar surface area (TPSA) is 0 Å². The smallest absolute Gasteiger partial charge is 0.0284 e. The summed E-state index contributed by atoms with van der Waals surface area (Å²) in [5.74, 6) is 0.458. The fourth-order valence-electron chi connectivity index (χ4n) is 8.07. The van der Waals surface area contributed by atoms with Gasteiger partial charge in [-0.15, -0.1) is 0 Å². The molecule has 0 N–H and O–H groups in total. The van der Waals surface area contributed by atoms with Crippen LogP contribution in [0.25, 0.3) is 11.1 Å². The van der Waals surface area contributed by atoms with E-state index in [4.69, 9.17) is 0 Å². The van der Waals surface area contributed by atoms with Crippen molar-refractivity contribution < 1.29 is 0 Å². The zero-order valence-corrected chi connectivity index (χ0v) is 27.4. The number of hydrogen-bond donors (Lipinski definition) is 0. The van der Waals surface area contributed by atoms with E-state index in [0.717, 1.165) is 0 Å². The monoisotopic (exact) mass is 666 g/mol. The van der Waals surface area contributed by atoms with Gasteiger partial charge in [0.05, 0.1) is 0 Å². The van der Waals surface area contributed by atoms with Gasteiger partial charge >= 0.3 is 0 Å². The molecule has 0 heterocycles. The van der Waals surface area contributed by atoms with Crippen LogP contribution in [0, 0.1) is 0 Å². The Balaban J connectivity index is 1.32. The maximum absolute atomic E-state index is 3.90. The van der Waals surface area contributed by atoms with E-state index in [0.29, 0.717) is 5.92 Å². The number of halogens is 2. The van der Waals surface area contributed by atoms with Gasteiger partial charge in [0.25, 0.3) is 0 Å². The molecule has 41 heavy (non-hydrogen) atoms. The van der Waals surface area contributed by atoms with E-state index in [1.54, 1.807) is 27.8 Å². The summed E-state index contributed by atoms with van der Waals surface area (Å²) in [6, 6.07) is 28.9. The van der Waals surface area contributed by atoms with Crippen LogP contribution in [-0.2, 0) is 37.5 Å². The van der Waals surface area contributed by atoms with Crippen LogP contribution in [0.4, 0.5) is 0 Å². The second-order valence-electron chi connectivity index (χ2n) is 12.7. The van der Waals surface area contributed by atoms with Crippen molar-refractivity contribution >= 4 is 31.9 Å². The summed E-state index contributed by atoms with van der Waals surface area (Å²) in [4.78, 5) is 0. The SMILES string of the molecule is CCCCCC(c1ccc2c(c1)CC2)C1(CCCCc2ccc3c(c2)CC3)c2cc(Br)ccc2-c2ccc(Br)cc21. The Bertz CT molecular complexity index is 1540. The fraction of sp³-hybridized carbons (Fsp3) is 0.385. The van der Waals surface area contributed by atoms with Gasteiger partial charge in [0, 0.05) is 14.4 Å². The summed E-state index contributed by atoms with van der Waals surface area (Å²) in [6.07, 6.45) is 14.9. The molecule has 0 nitrogen and oxygen atoms in total. The van der Waals surface area contributed by atoms with Gasteiger partial charge in [-0.25, -0.2) is 0 Å². The van der Waals surface area contributed by atoms with Crippen LogP contribution < -0.4 is 0 Å². The van der Waals surface area contributed by atoms with Gasteiger partial charge in [-0.3, -0.25) is 0 Å². The third-order valence-electron chi connectivity index (χ3n) is 10.4. The lowest BCUT2D eigenvalue weighted by atomic mass is 9.61. The van der Waals surface area contributed by atoms with Crippen LogP contribution >= 0.6 is 31.9 Å². The van der Waals surface area contributed by atoms with Crippen LogP contribution in [0.2, 0.25) is 0 Å². The molecular weight excluding hydrogens is 628 g/mol. The Morgan fingerprint density at radius 2 is 1.27 bits per heavy atom. The number of fused-ring (bicyclic) bond motifs is 5. The van der Waals surface area contributed by atoms with Crippen LogP contribution in [0.1, 0.15) is 102 Å². The normalized spacial score (nSPS) is 16.2. The van der Waals surface area contributed by atoms with Crippen molar-refractivity contribution in [1.82, 2.24) is 0 Å². The molecule has 210 valence electrons. The summed E-state index contributed by atoms with van der Waals surface area (Å²) in [5.41, 5.74) is 15.3. The molecule has 0 bridgehead atoms. The average Bonchev–Trinajstić information content (AvgIpc) is 3.20. The standard InChI is InChI=1S/C39H40Br2/c1-2-3-4-8-36(31-16-13-28-12-15-30(28)23-31)39(21-6-5-7-26-9-10-27-11-14-29(27)22-26)37-24-32(40)17-19-34(37)35-20-18-33(41)25-38(35)39/h9-10,13,16-20,22-25,36H,2-8,11-12,14-15,21H2,1H3. The lowest BCUT2D eigenvalue weighted by molar-refractivity contribution is 0.348. The van der Waals surface area contributed by atoms with E-state index >= 15 is 0 Å². The summed E-state index contributed by atoms with van der Waals surface area (Å²) >= 11 is 7.79. The fourth-order valence-corrected chi connectivity index (χ4v) is 8.79. The molecule has 0 spiro atoms. The molecular formula is C39H40Br2. The predicted octanol–water partition coefficient (Wildman–Crippen LogP) is 11.5. The molecule has 4 aromatic rings. The van der Waals surface area contributed by atoms with Crippen molar-refractivity contribution in [3.63, 3.8) is 0 Å². The van der Waals surface area contributed by atoms with Gasteiger partial charge in [0.2, 0.25) is 0 Å². The second kappa shape index (κ2) is 11.5. The first-order chi connectivity index (χ1) is 20.1. The molecule has 3 aliphatic carbocycles. The zero-order valence-electron chi connectivity index (χ0n) is 24.2. The second-order valence-corrected chi connectivity index (χ2v) is 14.6. The first kappa shape index (κ1) is 27.7. The molecule has 0 amide bonds. The minimum absolute atomic E-state index is 0.0373. The van der Waals surface area contributed by atoms with Gasteiger partial charge in [-0.2, -0.15) is 0 Å². The third-order valence-corrected chi connectivity index (χ3v) is 11.4. The van der Waals surface area contributed by atoms with Crippen molar-refractivity contribution in [3.05, 3.63) is 126 Å². The molecule has 2 heteroatoms. The van der Waals surface area contributed by atoms with Crippen molar-refractivity contribution in [2.45, 2.75) is 95.3 Å². The largest absolute Gasteiger partial charge is 0.0654 e. The van der Waals surface area contributed by atoms with Gasteiger partial charge in [-0.05, 0) is 137 Å². The minimum Gasteiger partial charge on any atom is -0.0654 e. The Morgan fingerprint density at radius 1 is 0.634 bits per heavy atom. The maximum Gasteiger partial charge on any atom is 0.0284 e. The highest BCUT2D eigenvalue weighted by Crippen LogP contribution is 2.60. The highest BCUT2D eigenvalue weighted by molar-refractivity contribution is 9.10. The molecule has 3 aliphatic rings. The average molecular weight is 669 g/mol. The molecule has 0 saturated heterocycles. The van der Waals surface area contributed by atoms with Crippen molar-refractivity contribution in [1.29, 1.82) is 0 Å². The molecule has 7 rings (SSSR count). The van der Waals surface area contributed by atoms with Crippen LogP contribution in [0.5, 0.6) is 0 Å². The molecule has 0 fully saturated rings. The first-order valence-corrected chi connectivity index (χ1v) is 17.5. The molecule has 0 saturated carbocycles. The number of hydrogen-bond acceptors (Lipinski definition) is 0. The highest BCUT2D eigenvalue weighted by Gasteiger charge is 2.48. The summed E-state index contributed by atoms with van der Waals surface area (Å²) in [5, 5.41) is 0. The Labute approximate surface area is 263 Å². The number of unbranched alkanes of at least 4 members (excludes halogenated alkanes) is 3. The van der Waals surface area contributed by atoms with E-state index in [9.17, 15) is 0 Å². The Morgan fingerprint density at radius 3 is 1.85 bits per heavy atom. The van der Waals surface area contributed by atoms with Crippen molar-refractivity contribution in [2.24, 2.45) is 0 Å². The maximum atomic E-state index is 3.90. The van der Waals surface area contributed by atoms with E-state index in [1.165, 1.54) is 114 Å². The highest BCUT2D eigenvalue weighted by atomic mass is 79.9. The van der Waals surface area contributed by atoms with E-state index in [1.807, 2.05) is 0 Å². The van der Waals surface area contributed by atoms with Crippen LogP contribution in [0.15, 0.2) is 81.7 Å². The van der Waals surface area contributed by atoms with Gasteiger partial charge in [0.15, 0.2) is 0 Å². The molecule has 1 atom stereocenters. The summed E-state index contributed by atoms with van der Waals surface area (Å²) < 4.78 is 2.39. The zero-order chi connectivity index (χ0) is 28.0. The molecule has 4 aromatic carbocycles. The van der Waals surface area contributed by atoms with Gasteiger partial charge in [-0.1, -0.05) is 113 Å². The van der Waals surface area contributed by atoms with E-state index in [2.05, 4.69) is 112 Å². The third kappa shape index (κ3) is 4.98. The van der Waals surface area contributed by atoms with Gasteiger partial charge in [0.1, 0.15) is 0 Å². The number of aryl methyl sites for hydroxylation is 5. The number of rotatable bonds is 11. The summed E-state index contributed by atoms with van der Waals surface area (Å²) in [7, 11) is 0. The quantitative estimate of drug-likeness (QED) is 0.140. The Hall–Kier alpha value is -2.16. The molecule has 0 aromatic heterocycles. The summed E-state index contributed by atoms with van der Waals surface area (Å²) in [6.45, 7) is 2.33. The lowest BCUT2D eigenvalue weighted by Gasteiger charge is -2.42. The van der Waals surface area contributed by atoms with Crippen molar-refractivity contribution in [2.75, 3.05) is 0 Å². The van der Waals surface area contributed by atoms with E-state index in [-0.39, 0.29) is 5.41 Å². The van der Waals surface area contributed by atoms with E-state index < -0.39 is 0 Å². The van der Waals surface area contributed by atoms with Gasteiger partial charge < -0.3 is 0 Å². The van der Waals surface area contributed by atoms with Crippen LogP contribution in [-0.4, -0.2) is 0 Å². The molecule has 0 aliphatic heterocycles. The lowest BCUT2D eigenvalue weighted by Crippen LogP contribution is -2.34.